The largest absolute Gasteiger partial charge is 0.347 e. The SMILES string of the molecule is CCc1ccc(-c2c(-c3ccccc3)ncn2Cc2ncc[nH]2)nc1. The van der Waals surface area contributed by atoms with Gasteiger partial charge in [0.05, 0.1) is 30.0 Å². The van der Waals surface area contributed by atoms with E-state index in [4.69, 9.17) is 0 Å². The molecule has 0 saturated heterocycles. The predicted octanol–water partition coefficient (Wildman–Crippen LogP) is 3.95. The number of aromatic amines is 1. The number of hydrogen-bond donors (Lipinski definition) is 1. The van der Waals surface area contributed by atoms with Crippen molar-refractivity contribution < 1.29 is 0 Å². The summed E-state index contributed by atoms with van der Waals surface area (Å²) in [4.78, 5) is 16.8. The topological polar surface area (TPSA) is 59.4 Å². The van der Waals surface area contributed by atoms with Gasteiger partial charge < -0.3 is 9.55 Å². The molecule has 3 heterocycles. The molecule has 5 nitrogen and oxygen atoms in total. The Balaban J connectivity index is 1.83. The summed E-state index contributed by atoms with van der Waals surface area (Å²) in [6.07, 6.45) is 8.37. The molecule has 4 rings (SSSR count). The summed E-state index contributed by atoms with van der Waals surface area (Å²) >= 11 is 0. The summed E-state index contributed by atoms with van der Waals surface area (Å²) in [6, 6.07) is 14.4. The van der Waals surface area contributed by atoms with Crippen LogP contribution in [0.4, 0.5) is 0 Å². The third-order valence-electron chi connectivity index (χ3n) is 4.24. The minimum absolute atomic E-state index is 0.624. The summed E-state index contributed by atoms with van der Waals surface area (Å²) in [6.45, 7) is 2.76. The van der Waals surface area contributed by atoms with Crippen molar-refractivity contribution in [3.8, 4) is 22.6 Å². The van der Waals surface area contributed by atoms with Crippen LogP contribution in [0.1, 0.15) is 18.3 Å². The van der Waals surface area contributed by atoms with Crippen LogP contribution in [-0.4, -0.2) is 24.5 Å². The van der Waals surface area contributed by atoms with Gasteiger partial charge in [0.1, 0.15) is 5.82 Å². The first kappa shape index (κ1) is 15.3. The van der Waals surface area contributed by atoms with Crippen LogP contribution < -0.4 is 0 Å². The highest BCUT2D eigenvalue weighted by Crippen LogP contribution is 2.30. The lowest BCUT2D eigenvalue weighted by Crippen LogP contribution is -2.03. The third kappa shape index (κ3) is 3.08. The fourth-order valence-corrected chi connectivity index (χ4v) is 2.90. The minimum atomic E-state index is 0.624. The molecule has 0 fully saturated rings. The Hall–Kier alpha value is -3.21. The van der Waals surface area contributed by atoms with E-state index in [1.54, 1.807) is 6.20 Å². The van der Waals surface area contributed by atoms with Crippen molar-refractivity contribution >= 4 is 0 Å². The van der Waals surface area contributed by atoms with E-state index >= 15 is 0 Å². The second kappa shape index (κ2) is 6.73. The molecular weight excluding hydrogens is 310 g/mol. The van der Waals surface area contributed by atoms with Crippen molar-refractivity contribution in [1.29, 1.82) is 0 Å². The van der Waals surface area contributed by atoms with Gasteiger partial charge >= 0.3 is 0 Å². The van der Waals surface area contributed by atoms with Crippen LogP contribution in [0.2, 0.25) is 0 Å². The van der Waals surface area contributed by atoms with Crippen LogP contribution in [-0.2, 0) is 13.0 Å². The summed E-state index contributed by atoms with van der Waals surface area (Å²) < 4.78 is 2.09. The average Bonchev–Trinajstić information content (AvgIpc) is 3.33. The molecule has 0 unspecified atom stereocenters. The summed E-state index contributed by atoms with van der Waals surface area (Å²) in [7, 11) is 0. The van der Waals surface area contributed by atoms with Crippen molar-refractivity contribution in [1.82, 2.24) is 24.5 Å². The van der Waals surface area contributed by atoms with Crippen molar-refractivity contribution in [3.05, 3.63) is 78.8 Å². The molecule has 1 aromatic carbocycles. The molecule has 25 heavy (non-hydrogen) atoms. The molecule has 0 aliphatic heterocycles. The minimum Gasteiger partial charge on any atom is -0.347 e. The molecule has 0 aliphatic carbocycles. The monoisotopic (exact) mass is 329 g/mol. The first-order valence-corrected chi connectivity index (χ1v) is 8.39. The maximum absolute atomic E-state index is 4.68. The quantitative estimate of drug-likeness (QED) is 0.603. The van der Waals surface area contributed by atoms with E-state index in [1.807, 2.05) is 36.9 Å². The Morgan fingerprint density at radius 1 is 1.00 bits per heavy atom. The zero-order valence-electron chi connectivity index (χ0n) is 14.1. The van der Waals surface area contributed by atoms with Crippen LogP contribution in [0.15, 0.2) is 67.4 Å². The standard InChI is InChI=1S/C20H19N5/c1-2-15-8-9-17(23-12-15)20-19(16-6-4-3-5-7-16)24-14-25(20)13-18-21-10-11-22-18/h3-12,14H,2,13H2,1H3,(H,21,22). The maximum atomic E-state index is 4.68. The second-order valence-electron chi connectivity index (χ2n) is 5.88. The Morgan fingerprint density at radius 3 is 2.56 bits per heavy atom. The number of nitrogens with one attached hydrogen (secondary N) is 1. The lowest BCUT2D eigenvalue weighted by Gasteiger charge is -2.09. The molecular formula is C20H19N5. The first-order valence-electron chi connectivity index (χ1n) is 8.39. The normalized spacial score (nSPS) is 10.9. The Morgan fingerprint density at radius 2 is 1.88 bits per heavy atom. The Labute approximate surface area is 146 Å². The number of aryl methyl sites for hydroxylation is 1. The number of nitrogens with zero attached hydrogens (tertiary/aromatic N) is 4. The molecule has 3 aromatic heterocycles. The first-order chi connectivity index (χ1) is 12.3. The fraction of sp³-hybridized carbons (Fsp3) is 0.150. The van der Waals surface area contributed by atoms with E-state index in [-0.39, 0.29) is 0 Å². The molecule has 0 aliphatic rings. The molecule has 4 aromatic rings. The highest BCUT2D eigenvalue weighted by atomic mass is 15.1. The second-order valence-corrected chi connectivity index (χ2v) is 5.88. The van der Waals surface area contributed by atoms with Gasteiger partial charge in [-0.05, 0) is 18.1 Å². The van der Waals surface area contributed by atoms with Gasteiger partial charge in [0, 0.05) is 24.2 Å². The van der Waals surface area contributed by atoms with Crippen molar-refractivity contribution in [2.45, 2.75) is 19.9 Å². The number of hydrogen-bond acceptors (Lipinski definition) is 3. The number of H-pyrrole nitrogens is 1. The van der Waals surface area contributed by atoms with Gasteiger partial charge in [0.25, 0.3) is 0 Å². The number of imidazole rings is 2. The van der Waals surface area contributed by atoms with Gasteiger partial charge in [-0.2, -0.15) is 0 Å². The fourth-order valence-electron chi connectivity index (χ4n) is 2.90. The lowest BCUT2D eigenvalue weighted by atomic mass is 10.1. The van der Waals surface area contributed by atoms with Gasteiger partial charge in [-0.25, -0.2) is 9.97 Å². The van der Waals surface area contributed by atoms with Crippen LogP contribution >= 0.6 is 0 Å². The lowest BCUT2D eigenvalue weighted by molar-refractivity contribution is 0.759. The van der Waals surface area contributed by atoms with E-state index in [9.17, 15) is 0 Å². The number of benzene rings is 1. The highest BCUT2D eigenvalue weighted by molar-refractivity contribution is 5.76. The molecule has 124 valence electrons. The Bertz CT molecular complexity index is 938. The number of pyridine rings is 1. The zero-order valence-corrected chi connectivity index (χ0v) is 14.1. The van der Waals surface area contributed by atoms with Crippen molar-refractivity contribution in [3.63, 3.8) is 0 Å². The van der Waals surface area contributed by atoms with Gasteiger partial charge in [0.2, 0.25) is 0 Å². The van der Waals surface area contributed by atoms with E-state index in [0.717, 1.165) is 34.9 Å². The summed E-state index contributed by atoms with van der Waals surface area (Å²) in [5.74, 6) is 0.892. The van der Waals surface area contributed by atoms with Gasteiger partial charge in [-0.15, -0.1) is 0 Å². The maximum Gasteiger partial charge on any atom is 0.126 e. The van der Waals surface area contributed by atoms with Crippen LogP contribution in [0.3, 0.4) is 0 Å². The zero-order chi connectivity index (χ0) is 17.1. The summed E-state index contributed by atoms with van der Waals surface area (Å²) in [5.41, 5.74) is 5.16. The molecule has 0 bridgehead atoms. The smallest absolute Gasteiger partial charge is 0.126 e. The van der Waals surface area contributed by atoms with Crippen molar-refractivity contribution in [2.24, 2.45) is 0 Å². The molecule has 0 atom stereocenters. The highest BCUT2D eigenvalue weighted by Gasteiger charge is 2.16. The molecule has 5 heteroatoms. The van der Waals surface area contributed by atoms with E-state index in [1.165, 1.54) is 5.56 Å². The van der Waals surface area contributed by atoms with E-state index in [2.05, 4.69) is 55.7 Å². The average molecular weight is 329 g/mol. The van der Waals surface area contributed by atoms with Crippen LogP contribution in [0.5, 0.6) is 0 Å². The number of aromatic nitrogens is 5. The molecule has 0 amide bonds. The van der Waals surface area contributed by atoms with Crippen LogP contribution in [0.25, 0.3) is 22.6 Å². The number of rotatable bonds is 5. The molecule has 0 spiro atoms. The van der Waals surface area contributed by atoms with E-state index in [0.29, 0.717) is 6.54 Å². The Kier molecular flexibility index (Phi) is 4.12. The third-order valence-corrected chi connectivity index (χ3v) is 4.24. The molecule has 1 N–H and O–H groups in total. The molecule has 0 radical (unpaired) electrons. The van der Waals surface area contributed by atoms with E-state index < -0.39 is 0 Å². The van der Waals surface area contributed by atoms with Gasteiger partial charge in [-0.1, -0.05) is 43.3 Å². The summed E-state index contributed by atoms with van der Waals surface area (Å²) in [5, 5.41) is 0. The predicted molar refractivity (Wildman–Crippen MR) is 98.0 cm³/mol. The van der Waals surface area contributed by atoms with Crippen LogP contribution in [0, 0.1) is 0 Å². The van der Waals surface area contributed by atoms with Gasteiger partial charge in [-0.3, -0.25) is 4.98 Å². The van der Waals surface area contributed by atoms with Gasteiger partial charge in [0.15, 0.2) is 0 Å². The van der Waals surface area contributed by atoms with Crippen molar-refractivity contribution in [2.75, 3.05) is 0 Å². The molecule has 0 saturated carbocycles.